The second-order valence-corrected chi connectivity index (χ2v) is 8.83. The fraction of sp³-hybridized carbons (Fsp3) is 0.333. The molecular formula is C21H18F5N3O4S. The van der Waals surface area contributed by atoms with E-state index in [1.54, 1.807) is 12.1 Å². The van der Waals surface area contributed by atoms with Gasteiger partial charge in [-0.1, -0.05) is 34.7 Å². The van der Waals surface area contributed by atoms with Crippen molar-refractivity contribution in [1.82, 2.24) is 15.0 Å². The highest BCUT2D eigenvalue weighted by Gasteiger charge is 2.46. The van der Waals surface area contributed by atoms with Gasteiger partial charge in [-0.05, 0) is 19.1 Å². The molecular weight excluding hydrogens is 485 g/mol. The summed E-state index contributed by atoms with van der Waals surface area (Å²) in [4.78, 5) is 0.710. The molecule has 13 heteroatoms. The Hall–Kier alpha value is -2.58. The number of aliphatic hydroxyl groups is 3. The van der Waals surface area contributed by atoms with Crippen LogP contribution in [0.1, 0.15) is 11.6 Å². The number of rotatable bonds is 5. The van der Waals surface area contributed by atoms with Crippen molar-refractivity contribution in [3.8, 4) is 11.3 Å². The third kappa shape index (κ3) is 4.29. The van der Waals surface area contributed by atoms with Crippen molar-refractivity contribution in [1.29, 1.82) is 0 Å². The van der Waals surface area contributed by atoms with Gasteiger partial charge in [0.05, 0.1) is 18.4 Å². The number of nitrogens with zero attached hydrogens (tertiary/aromatic N) is 3. The molecule has 34 heavy (non-hydrogen) atoms. The Balaban J connectivity index is 1.69. The van der Waals surface area contributed by atoms with Gasteiger partial charge in [0.25, 0.3) is 0 Å². The first kappa shape index (κ1) is 24.5. The molecule has 0 saturated carbocycles. The van der Waals surface area contributed by atoms with Crippen LogP contribution >= 0.6 is 11.8 Å². The maximum atomic E-state index is 14.2. The van der Waals surface area contributed by atoms with Crippen molar-refractivity contribution in [2.24, 2.45) is 0 Å². The first-order valence-electron chi connectivity index (χ1n) is 9.93. The first-order valence-corrected chi connectivity index (χ1v) is 10.8. The van der Waals surface area contributed by atoms with Gasteiger partial charge in [0.15, 0.2) is 23.3 Å². The lowest BCUT2D eigenvalue weighted by molar-refractivity contribution is -0.178. The van der Waals surface area contributed by atoms with Gasteiger partial charge in [0, 0.05) is 4.90 Å². The van der Waals surface area contributed by atoms with Gasteiger partial charge in [-0.15, -0.1) is 5.10 Å². The van der Waals surface area contributed by atoms with Gasteiger partial charge in [-0.25, -0.2) is 26.6 Å². The molecule has 0 unspecified atom stereocenters. The number of benzene rings is 2. The van der Waals surface area contributed by atoms with Crippen molar-refractivity contribution in [3.63, 3.8) is 0 Å². The molecule has 0 radical (unpaired) electrons. The summed E-state index contributed by atoms with van der Waals surface area (Å²) in [5, 5.41) is 38.3. The summed E-state index contributed by atoms with van der Waals surface area (Å²) < 4.78 is 75.4. The molecule has 5 atom stereocenters. The number of hydrogen-bond donors (Lipinski definition) is 3. The van der Waals surface area contributed by atoms with Crippen molar-refractivity contribution in [2.75, 3.05) is 6.61 Å². The second-order valence-electron chi connectivity index (χ2n) is 7.66. The van der Waals surface area contributed by atoms with Crippen LogP contribution in [0.5, 0.6) is 0 Å². The molecule has 2 heterocycles. The van der Waals surface area contributed by atoms with Gasteiger partial charge in [0.1, 0.15) is 35.5 Å². The Morgan fingerprint density at radius 3 is 2.12 bits per heavy atom. The predicted molar refractivity (Wildman–Crippen MR) is 109 cm³/mol. The van der Waals surface area contributed by atoms with Crippen LogP contribution in [-0.2, 0) is 4.74 Å². The van der Waals surface area contributed by atoms with Crippen molar-refractivity contribution in [3.05, 3.63) is 65.1 Å². The molecule has 0 spiro atoms. The summed E-state index contributed by atoms with van der Waals surface area (Å²) in [6.45, 7) is 1.26. The lowest BCUT2D eigenvalue weighted by Crippen LogP contribution is -2.55. The summed E-state index contributed by atoms with van der Waals surface area (Å²) >= 11 is 1.10. The topological polar surface area (TPSA) is 101 Å². The van der Waals surface area contributed by atoms with Crippen LogP contribution in [0, 0.1) is 36.0 Å². The van der Waals surface area contributed by atoms with E-state index in [2.05, 4.69) is 10.3 Å². The van der Waals surface area contributed by atoms with Gasteiger partial charge < -0.3 is 20.1 Å². The highest BCUT2D eigenvalue weighted by atomic mass is 32.2. The first-order chi connectivity index (χ1) is 16.1. The average molecular weight is 503 g/mol. The molecule has 0 amide bonds. The highest BCUT2D eigenvalue weighted by molar-refractivity contribution is 7.99. The average Bonchev–Trinajstić information content (AvgIpc) is 3.29. The van der Waals surface area contributed by atoms with Crippen LogP contribution < -0.4 is 0 Å². The van der Waals surface area contributed by atoms with E-state index in [0.717, 1.165) is 28.2 Å². The molecule has 2 aromatic carbocycles. The molecule has 182 valence electrons. The predicted octanol–water partition coefficient (Wildman–Crippen LogP) is 2.72. The third-order valence-electron chi connectivity index (χ3n) is 5.40. The minimum Gasteiger partial charge on any atom is -0.394 e. The van der Waals surface area contributed by atoms with E-state index in [0.29, 0.717) is 4.90 Å². The Morgan fingerprint density at radius 2 is 1.53 bits per heavy atom. The smallest absolute Gasteiger partial charge is 0.200 e. The molecule has 3 N–H and O–H groups in total. The Bertz CT molecular complexity index is 1170. The standard InChI is InChI=1S/C21H18F5N3O4S/c1-8-2-4-9(5-3-8)34-21-20(32)18(19(31)11(7-30)33-21)29-6-10(27-28-29)12-13(22)15(24)17(26)16(25)14(12)23/h2-6,11,18-21,30-32H,7H2,1H3/t11-,18+,19+,20-,21+/m1/s1. The van der Waals surface area contributed by atoms with Crippen LogP contribution in [0.25, 0.3) is 11.3 Å². The SMILES string of the molecule is Cc1ccc(S[C@@H]2O[C@H](CO)[C@H](O)[C@H](n3cc(-c4c(F)c(F)c(F)c(F)c4F)nn3)[C@H]2O)cc1. The molecule has 1 aliphatic rings. The van der Waals surface area contributed by atoms with Crippen LogP contribution in [-0.4, -0.2) is 60.7 Å². The van der Waals surface area contributed by atoms with Gasteiger partial charge in [0.2, 0.25) is 5.82 Å². The normalized spacial score (nSPS) is 25.0. The number of aryl methyl sites for hydroxylation is 1. The molecule has 7 nitrogen and oxygen atoms in total. The monoisotopic (exact) mass is 503 g/mol. The zero-order valence-electron chi connectivity index (χ0n) is 17.4. The lowest BCUT2D eigenvalue weighted by atomic mass is 9.97. The van der Waals surface area contributed by atoms with Gasteiger partial charge in [-0.2, -0.15) is 0 Å². The molecule has 3 aromatic rings. The fourth-order valence-electron chi connectivity index (χ4n) is 3.60. The summed E-state index contributed by atoms with van der Waals surface area (Å²) in [6.07, 6.45) is -3.34. The zero-order chi connectivity index (χ0) is 24.7. The lowest BCUT2D eigenvalue weighted by Gasteiger charge is -2.41. The van der Waals surface area contributed by atoms with Gasteiger partial charge >= 0.3 is 0 Å². The minimum atomic E-state index is -2.32. The summed E-state index contributed by atoms with van der Waals surface area (Å²) in [6, 6.07) is 5.90. The number of aliphatic hydroxyl groups excluding tert-OH is 3. The van der Waals surface area contributed by atoms with E-state index in [1.165, 1.54) is 0 Å². The molecule has 0 aliphatic carbocycles. The van der Waals surface area contributed by atoms with E-state index in [-0.39, 0.29) is 0 Å². The summed E-state index contributed by atoms with van der Waals surface area (Å²) in [5.74, 6) is -10.8. The van der Waals surface area contributed by atoms with E-state index in [4.69, 9.17) is 4.74 Å². The Morgan fingerprint density at radius 1 is 0.941 bits per heavy atom. The highest BCUT2D eigenvalue weighted by Crippen LogP contribution is 2.39. The van der Waals surface area contributed by atoms with E-state index in [1.807, 2.05) is 19.1 Å². The van der Waals surface area contributed by atoms with E-state index >= 15 is 0 Å². The number of halogens is 5. The van der Waals surface area contributed by atoms with E-state index < -0.39 is 76.7 Å². The summed E-state index contributed by atoms with van der Waals surface area (Å²) in [5.41, 5.74) is -2.01. The molecule has 0 bridgehead atoms. The van der Waals surface area contributed by atoms with Crippen LogP contribution in [0.4, 0.5) is 22.0 Å². The van der Waals surface area contributed by atoms with Crippen molar-refractivity contribution >= 4 is 11.8 Å². The molecule has 1 saturated heterocycles. The van der Waals surface area contributed by atoms with Gasteiger partial charge in [-0.3, -0.25) is 0 Å². The Kier molecular flexibility index (Phi) is 6.92. The number of hydrogen-bond acceptors (Lipinski definition) is 7. The molecule has 1 fully saturated rings. The second kappa shape index (κ2) is 9.58. The van der Waals surface area contributed by atoms with E-state index in [9.17, 15) is 37.3 Å². The van der Waals surface area contributed by atoms with Crippen molar-refractivity contribution in [2.45, 2.75) is 41.6 Å². The maximum Gasteiger partial charge on any atom is 0.200 e. The number of ether oxygens (including phenoxy) is 1. The quantitative estimate of drug-likeness (QED) is 0.280. The van der Waals surface area contributed by atoms with Crippen molar-refractivity contribution < 1.29 is 42.0 Å². The Labute approximate surface area is 193 Å². The fourth-order valence-corrected chi connectivity index (χ4v) is 4.66. The maximum absolute atomic E-state index is 14.2. The molecule has 1 aromatic heterocycles. The largest absolute Gasteiger partial charge is 0.394 e. The number of aromatic nitrogens is 3. The molecule has 1 aliphatic heterocycles. The van der Waals surface area contributed by atoms with Crippen LogP contribution in [0.15, 0.2) is 35.4 Å². The van der Waals surface area contributed by atoms with Crippen LogP contribution in [0.3, 0.4) is 0 Å². The zero-order valence-corrected chi connectivity index (χ0v) is 18.2. The number of thioether (sulfide) groups is 1. The molecule has 4 rings (SSSR count). The van der Waals surface area contributed by atoms with Crippen LogP contribution in [0.2, 0.25) is 0 Å². The summed E-state index contributed by atoms with van der Waals surface area (Å²) in [7, 11) is 0. The third-order valence-corrected chi connectivity index (χ3v) is 6.57. The minimum absolute atomic E-state index is 0.630.